The van der Waals surface area contributed by atoms with Gasteiger partial charge in [0.1, 0.15) is 12.1 Å². The molecule has 1 saturated heterocycles. The first-order valence-corrected chi connectivity index (χ1v) is 16.8. The van der Waals surface area contributed by atoms with E-state index in [1.54, 1.807) is 11.8 Å². The van der Waals surface area contributed by atoms with Gasteiger partial charge >= 0.3 is 12.4 Å². The Hall–Kier alpha value is -4.32. The fourth-order valence-corrected chi connectivity index (χ4v) is 6.78. The van der Waals surface area contributed by atoms with Crippen molar-refractivity contribution < 1.29 is 22.7 Å². The molecular weight excluding hydrogens is 625 g/mol. The van der Waals surface area contributed by atoms with Crippen LogP contribution in [0.4, 0.5) is 23.7 Å². The fraction of sp³-hybridized carbons (Fsp3) is 0.371. The van der Waals surface area contributed by atoms with Crippen LogP contribution in [-0.4, -0.2) is 50.7 Å². The highest BCUT2D eigenvalue weighted by Crippen LogP contribution is 2.33. The number of nitrogens with zero attached hydrogens (tertiary/aromatic N) is 5. The van der Waals surface area contributed by atoms with Crippen molar-refractivity contribution in [1.82, 2.24) is 20.1 Å². The van der Waals surface area contributed by atoms with Crippen molar-refractivity contribution in [3.05, 3.63) is 89.7 Å². The molecule has 3 aromatic carbocycles. The molecule has 1 fully saturated rings. The van der Waals surface area contributed by atoms with Crippen molar-refractivity contribution in [2.45, 2.75) is 71.7 Å². The standard InChI is InChI=1S/C35H39F3N6O2S/c1-5-7-27-9-8-23(3)20-31(27)44-24(4)18-19-47-34(44)41-33(45)39-21-25(6-2)26-10-12-28(13-11-26)32-40-22-43(42-32)29-14-16-30(17-15-29)46-35(36,37)38/h8-17,20,22,24-25H,5-7,18-19,21H2,1-4H3,(H,39,45). The van der Waals surface area contributed by atoms with Crippen molar-refractivity contribution in [2.75, 3.05) is 17.2 Å². The van der Waals surface area contributed by atoms with Crippen LogP contribution in [0.25, 0.3) is 17.1 Å². The minimum atomic E-state index is -4.75. The lowest BCUT2D eigenvalue weighted by Crippen LogP contribution is -2.43. The van der Waals surface area contributed by atoms with Gasteiger partial charge in [0, 0.05) is 35.5 Å². The van der Waals surface area contributed by atoms with Gasteiger partial charge in [-0.3, -0.25) is 0 Å². The third-order valence-corrected chi connectivity index (χ3v) is 9.08. The van der Waals surface area contributed by atoms with Crippen molar-refractivity contribution >= 4 is 28.6 Å². The number of aliphatic imine (C=N–C) groups is 1. The number of halogens is 3. The molecule has 0 aliphatic carbocycles. The Labute approximate surface area is 277 Å². The largest absolute Gasteiger partial charge is 0.573 e. The molecular formula is C35H39F3N6O2S. The number of aromatic nitrogens is 3. The number of nitrogens with one attached hydrogen (secondary N) is 1. The van der Waals surface area contributed by atoms with E-state index in [1.807, 2.05) is 24.3 Å². The summed E-state index contributed by atoms with van der Waals surface area (Å²) in [6.07, 6.45) is 0.598. The number of carbonyl (C=O) groups excluding carboxylic acids is 1. The van der Waals surface area contributed by atoms with Crippen LogP contribution in [0, 0.1) is 6.92 Å². The van der Waals surface area contributed by atoms with Crippen LogP contribution in [0.2, 0.25) is 0 Å². The Bertz CT molecular complexity index is 1690. The number of thioether (sulfide) groups is 1. The number of benzene rings is 3. The Morgan fingerprint density at radius 3 is 2.53 bits per heavy atom. The second-order valence-corrected chi connectivity index (χ2v) is 12.7. The number of hydrogen-bond donors (Lipinski definition) is 1. The van der Waals surface area contributed by atoms with Crippen LogP contribution in [-0.2, 0) is 6.42 Å². The number of amides is 2. The molecule has 4 aromatic rings. The summed E-state index contributed by atoms with van der Waals surface area (Å²) in [6.45, 7) is 8.98. The van der Waals surface area contributed by atoms with Gasteiger partial charge in [-0.05, 0) is 80.1 Å². The Morgan fingerprint density at radius 2 is 1.85 bits per heavy atom. The van der Waals surface area contributed by atoms with Gasteiger partial charge in [0.2, 0.25) is 0 Å². The number of carbonyl (C=O) groups is 1. The third kappa shape index (κ3) is 8.73. The van der Waals surface area contributed by atoms with Gasteiger partial charge in [0.25, 0.3) is 0 Å². The summed E-state index contributed by atoms with van der Waals surface area (Å²) in [6, 6.07) is 19.7. The SMILES string of the molecule is CCCc1ccc(C)cc1N1C(=NC(=O)NCC(CC)c2ccc(-c3ncn(-c4ccc(OC(F)(F)F)cc4)n3)cc2)SCCC1C. The molecule has 2 atom stereocenters. The van der Waals surface area contributed by atoms with Crippen molar-refractivity contribution in [1.29, 1.82) is 0 Å². The smallest absolute Gasteiger partial charge is 0.406 e. The molecule has 1 aliphatic rings. The van der Waals surface area contributed by atoms with E-state index in [0.29, 0.717) is 18.1 Å². The third-order valence-electron chi connectivity index (χ3n) is 8.09. The second-order valence-electron chi connectivity index (χ2n) is 11.6. The van der Waals surface area contributed by atoms with Crippen LogP contribution in [0.1, 0.15) is 62.6 Å². The maximum absolute atomic E-state index is 13.1. The number of aryl methyl sites for hydroxylation is 2. The molecule has 2 heterocycles. The summed E-state index contributed by atoms with van der Waals surface area (Å²) in [7, 11) is 0. The maximum atomic E-state index is 13.1. The number of urea groups is 1. The zero-order valence-electron chi connectivity index (χ0n) is 26.9. The highest BCUT2D eigenvalue weighted by atomic mass is 32.2. The Morgan fingerprint density at radius 1 is 1.11 bits per heavy atom. The Balaban J connectivity index is 1.23. The first kappa shape index (κ1) is 34.0. The van der Waals surface area contributed by atoms with Crippen LogP contribution in [0.5, 0.6) is 5.75 Å². The zero-order chi connectivity index (χ0) is 33.6. The summed E-state index contributed by atoms with van der Waals surface area (Å²) in [5, 5.41) is 8.25. The molecule has 2 amide bonds. The van der Waals surface area contributed by atoms with Gasteiger partial charge in [-0.2, -0.15) is 4.99 Å². The van der Waals surface area contributed by atoms with Gasteiger partial charge in [0.05, 0.1) is 5.69 Å². The quantitative estimate of drug-likeness (QED) is 0.183. The Kier molecular flexibility index (Phi) is 10.9. The van der Waals surface area contributed by atoms with E-state index in [-0.39, 0.29) is 23.7 Å². The predicted octanol–water partition coefficient (Wildman–Crippen LogP) is 8.69. The predicted molar refractivity (Wildman–Crippen MR) is 182 cm³/mol. The van der Waals surface area contributed by atoms with Crippen molar-refractivity contribution in [3.63, 3.8) is 0 Å². The minimum Gasteiger partial charge on any atom is -0.406 e. The summed E-state index contributed by atoms with van der Waals surface area (Å²) >= 11 is 1.62. The number of ether oxygens (including phenoxy) is 1. The second kappa shape index (κ2) is 15.1. The molecule has 8 nitrogen and oxygen atoms in total. The first-order valence-electron chi connectivity index (χ1n) is 15.8. The lowest BCUT2D eigenvalue weighted by atomic mass is 9.95. The summed E-state index contributed by atoms with van der Waals surface area (Å²) in [5.41, 5.74) is 5.99. The lowest BCUT2D eigenvalue weighted by Gasteiger charge is -2.37. The molecule has 12 heteroatoms. The van der Waals surface area contributed by atoms with E-state index in [2.05, 4.69) is 75.9 Å². The van der Waals surface area contributed by atoms with Crippen molar-refractivity contribution in [3.8, 4) is 22.8 Å². The monoisotopic (exact) mass is 664 g/mol. The maximum Gasteiger partial charge on any atom is 0.573 e. The summed E-state index contributed by atoms with van der Waals surface area (Å²) < 4.78 is 42.8. The van der Waals surface area contributed by atoms with Gasteiger partial charge in [-0.15, -0.1) is 18.3 Å². The van der Waals surface area contributed by atoms with E-state index in [0.717, 1.165) is 53.4 Å². The average molecular weight is 665 g/mol. The van der Waals surface area contributed by atoms with Gasteiger partial charge in [-0.25, -0.2) is 14.5 Å². The highest BCUT2D eigenvalue weighted by molar-refractivity contribution is 8.14. The van der Waals surface area contributed by atoms with E-state index >= 15 is 0 Å². The number of amidine groups is 1. The normalized spacial score (nSPS) is 16.7. The topological polar surface area (TPSA) is 84.6 Å². The van der Waals surface area contributed by atoms with Crippen LogP contribution in [0.3, 0.4) is 0 Å². The first-order chi connectivity index (χ1) is 22.5. The minimum absolute atomic E-state index is 0.0816. The molecule has 5 rings (SSSR count). The molecule has 1 aromatic heterocycles. The molecule has 1 aliphatic heterocycles. The zero-order valence-corrected chi connectivity index (χ0v) is 27.7. The molecule has 47 heavy (non-hydrogen) atoms. The van der Waals surface area contributed by atoms with E-state index < -0.39 is 6.36 Å². The number of hydrogen-bond acceptors (Lipinski definition) is 5. The molecule has 1 N–H and O–H groups in total. The van der Waals surface area contributed by atoms with Crippen LogP contribution < -0.4 is 15.0 Å². The van der Waals surface area contributed by atoms with E-state index in [4.69, 9.17) is 0 Å². The number of alkyl halides is 3. The van der Waals surface area contributed by atoms with Crippen molar-refractivity contribution in [2.24, 2.45) is 4.99 Å². The summed E-state index contributed by atoms with van der Waals surface area (Å²) in [4.78, 5) is 24.3. The molecule has 2 unspecified atom stereocenters. The fourth-order valence-electron chi connectivity index (χ4n) is 5.57. The highest BCUT2D eigenvalue weighted by Gasteiger charge is 2.31. The van der Waals surface area contributed by atoms with Crippen LogP contribution in [0.15, 0.2) is 78.0 Å². The number of rotatable bonds is 10. The van der Waals surface area contributed by atoms with Gasteiger partial charge in [0.15, 0.2) is 11.0 Å². The van der Waals surface area contributed by atoms with Gasteiger partial charge < -0.3 is 15.0 Å². The van der Waals surface area contributed by atoms with Crippen LogP contribution >= 0.6 is 11.8 Å². The lowest BCUT2D eigenvalue weighted by molar-refractivity contribution is -0.274. The molecule has 0 saturated carbocycles. The molecule has 248 valence electrons. The average Bonchev–Trinajstić information content (AvgIpc) is 3.53. The van der Waals surface area contributed by atoms with E-state index in [9.17, 15) is 18.0 Å². The summed E-state index contributed by atoms with van der Waals surface area (Å²) in [5.74, 6) is 1.17. The number of anilines is 1. The van der Waals surface area contributed by atoms with E-state index in [1.165, 1.54) is 46.4 Å². The molecule has 0 spiro atoms. The van der Waals surface area contributed by atoms with Gasteiger partial charge in [-0.1, -0.05) is 68.4 Å². The molecule has 0 radical (unpaired) electrons. The molecule has 0 bridgehead atoms.